The molecule has 16 heavy (non-hydrogen) atoms. The summed E-state index contributed by atoms with van der Waals surface area (Å²) in [6.07, 6.45) is 1.83. The highest BCUT2D eigenvalue weighted by molar-refractivity contribution is 5.30. The molecule has 0 saturated heterocycles. The molecule has 0 aliphatic carbocycles. The molecule has 0 fully saturated rings. The summed E-state index contributed by atoms with van der Waals surface area (Å²) in [6, 6.07) is 2.08. The van der Waals surface area contributed by atoms with Crippen molar-refractivity contribution in [2.75, 3.05) is 6.61 Å². The molecular weight excluding hydrogens is 202 g/mol. The fourth-order valence-electron chi connectivity index (χ4n) is 1.30. The maximum atomic E-state index is 9.56. The van der Waals surface area contributed by atoms with E-state index >= 15 is 0 Å². The van der Waals surface area contributed by atoms with Gasteiger partial charge in [-0.15, -0.1) is 0 Å². The predicted octanol–water partition coefficient (Wildman–Crippen LogP) is 2.66. The summed E-state index contributed by atoms with van der Waals surface area (Å²) in [6.45, 7) is 9.91. The second-order valence-corrected chi connectivity index (χ2v) is 5.15. The van der Waals surface area contributed by atoms with Crippen LogP contribution in [-0.4, -0.2) is 22.3 Å². The Hall–Kier alpha value is -1.09. The zero-order chi connectivity index (χ0) is 12.3. The molecule has 0 amide bonds. The van der Waals surface area contributed by atoms with E-state index in [0.717, 1.165) is 5.56 Å². The Labute approximate surface area is 97.5 Å². The molecule has 1 heterocycles. The minimum atomic E-state index is -0.829. The zero-order valence-corrected chi connectivity index (χ0v) is 10.7. The first-order valence-corrected chi connectivity index (χ1v) is 5.61. The van der Waals surface area contributed by atoms with Gasteiger partial charge < -0.3 is 9.84 Å². The van der Waals surface area contributed by atoms with Crippen molar-refractivity contribution in [1.82, 2.24) is 4.98 Å². The minimum Gasteiger partial charge on any atom is -0.474 e. The van der Waals surface area contributed by atoms with E-state index in [9.17, 15) is 5.11 Å². The largest absolute Gasteiger partial charge is 0.474 e. The number of hydrogen-bond acceptors (Lipinski definition) is 3. The van der Waals surface area contributed by atoms with Gasteiger partial charge in [-0.3, -0.25) is 0 Å². The van der Waals surface area contributed by atoms with Gasteiger partial charge in [-0.25, -0.2) is 4.98 Å². The van der Waals surface area contributed by atoms with E-state index in [4.69, 9.17) is 4.74 Å². The number of aromatic nitrogens is 1. The number of pyridine rings is 1. The van der Waals surface area contributed by atoms with Gasteiger partial charge in [0.15, 0.2) is 0 Å². The average molecular weight is 223 g/mol. The third kappa shape index (κ3) is 3.81. The van der Waals surface area contributed by atoms with Gasteiger partial charge in [-0.05, 0) is 38.3 Å². The van der Waals surface area contributed by atoms with Gasteiger partial charge in [0, 0.05) is 11.8 Å². The molecule has 0 aromatic carbocycles. The summed E-state index contributed by atoms with van der Waals surface area (Å²) in [5.74, 6) is 1.07. The maximum Gasteiger partial charge on any atom is 0.216 e. The molecule has 0 spiro atoms. The third-order valence-corrected chi connectivity index (χ3v) is 2.28. The summed E-state index contributed by atoms with van der Waals surface area (Å²) in [4.78, 5) is 4.27. The van der Waals surface area contributed by atoms with Crippen molar-refractivity contribution in [3.05, 3.63) is 23.4 Å². The van der Waals surface area contributed by atoms with Crippen LogP contribution in [0.4, 0.5) is 0 Å². The summed E-state index contributed by atoms with van der Waals surface area (Å²) < 4.78 is 5.47. The highest BCUT2D eigenvalue weighted by atomic mass is 16.5. The van der Waals surface area contributed by atoms with Gasteiger partial charge in [-0.2, -0.15) is 0 Å². The second kappa shape index (κ2) is 4.83. The minimum absolute atomic E-state index is 0.252. The molecule has 1 aromatic rings. The Kier molecular flexibility index (Phi) is 3.92. The van der Waals surface area contributed by atoms with Crippen LogP contribution in [0.1, 0.15) is 44.7 Å². The highest BCUT2D eigenvalue weighted by Crippen LogP contribution is 2.21. The van der Waals surface area contributed by atoms with E-state index in [-0.39, 0.29) is 6.61 Å². The number of hydrogen-bond donors (Lipinski definition) is 1. The van der Waals surface area contributed by atoms with Gasteiger partial charge >= 0.3 is 0 Å². The van der Waals surface area contributed by atoms with Crippen LogP contribution >= 0.6 is 0 Å². The molecule has 0 saturated carbocycles. The topological polar surface area (TPSA) is 42.4 Å². The van der Waals surface area contributed by atoms with Crippen molar-refractivity contribution in [3.8, 4) is 5.88 Å². The Bertz CT molecular complexity index is 353. The molecule has 0 atom stereocenters. The van der Waals surface area contributed by atoms with Crippen molar-refractivity contribution < 1.29 is 9.84 Å². The molecule has 0 bridgehead atoms. The van der Waals surface area contributed by atoms with Gasteiger partial charge in [0.2, 0.25) is 5.88 Å². The monoisotopic (exact) mass is 223 g/mol. The fraction of sp³-hybridized carbons (Fsp3) is 0.615. The van der Waals surface area contributed by atoms with Crippen LogP contribution in [0.3, 0.4) is 0 Å². The third-order valence-electron chi connectivity index (χ3n) is 2.28. The van der Waals surface area contributed by atoms with Gasteiger partial charge in [0.1, 0.15) is 6.61 Å². The molecule has 90 valence electrons. The number of nitrogens with zero attached hydrogens (tertiary/aromatic N) is 1. The maximum absolute atomic E-state index is 9.56. The molecule has 1 aromatic heterocycles. The van der Waals surface area contributed by atoms with Crippen LogP contribution in [0.2, 0.25) is 0 Å². The molecule has 0 aliphatic rings. The van der Waals surface area contributed by atoms with Crippen molar-refractivity contribution in [2.45, 2.75) is 46.1 Å². The number of aryl methyl sites for hydroxylation is 1. The Morgan fingerprint density at radius 1 is 1.44 bits per heavy atom. The summed E-state index contributed by atoms with van der Waals surface area (Å²) in [7, 11) is 0. The molecular formula is C13H21NO2. The standard InChI is InChI=1S/C13H21NO2/c1-9(2)11-6-10(3)12(14-7-11)16-8-13(4,5)15/h6-7,9,15H,8H2,1-5H3. The first-order valence-electron chi connectivity index (χ1n) is 5.61. The SMILES string of the molecule is Cc1cc(C(C)C)cnc1OCC(C)(C)O. The van der Waals surface area contributed by atoms with Crippen molar-refractivity contribution in [2.24, 2.45) is 0 Å². The lowest BCUT2D eigenvalue weighted by atomic mass is 10.0. The lowest BCUT2D eigenvalue weighted by Gasteiger charge is -2.18. The summed E-state index contributed by atoms with van der Waals surface area (Å²) >= 11 is 0. The van der Waals surface area contributed by atoms with Crippen molar-refractivity contribution >= 4 is 0 Å². The normalized spacial score (nSPS) is 11.9. The molecule has 1 rings (SSSR count). The zero-order valence-electron chi connectivity index (χ0n) is 10.7. The number of ether oxygens (including phenoxy) is 1. The molecule has 3 nitrogen and oxygen atoms in total. The van der Waals surface area contributed by atoms with Gasteiger partial charge in [0.25, 0.3) is 0 Å². The Morgan fingerprint density at radius 2 is 2.06 bits per heavy atom. The Morgan fingerprint density at radius 3 is 2.50 bits per heavy atom. The molecule has 0 aliphatic heterocycles. The highest BCUT2D eigenvalue weighted by Gasteiger charge is 2.15. The van der Waals surface area contributed by atoms with Crippen LogP contribution in [0.15, 0.2) is 12.3 Å². The smallest absolute Gasteiger partial charge is 0.216 e. The molecule has 0 unspecified atom stereocenters. The number of aliphatic hydroxyl groups is 1. The van der Waals surface area contributed by atoms with Gasteiger partial charge in [-0.1, -0.05) is 13.8 Å². The summed E-state index contributed by atoms with van der Waals surface area (Å²) in [5, 5.41) is 9.56. The van der Waals surface area contributed by atoms with Crippen LogP contribution in [-0.2, 0) is 0 Å². The van der Waals surface area contributed by atoms with E-state index in [1.807, 2.05) is 13.1 Å². The van der Waals surface area contributed by atoms with Crippen LogP contribution < -0.4 is 4.74 Å². The van der Waals surface area contributed by atoms with Gasteiger partial charge in [0.05, 0.1) is 5.60 Å². The van der Waals surface area contributed by atoms with E-state index in [1.54, 1.807) is 13.8 Å². The van der Waals surface area contributed by atoms with Crippen molar-refractivity contribution in [3.63, 3.8) is 0 Å². The lowest BCUT2D eigenvalue weighted by Crippen LogP contribution is -2.28. The lowest BCUT2D eigenvalue weighted by molar-refractivity contribution is 0.0266. The second-order valence-electron chi connectivity index (χ2n) is 5.15. The summed E-state index contributed by atoms with van der Waals surface area (Å²) in [5.41, 5.74) is 1.38. The molecule has 3 heteroatoms. The van der Waals surface area contributed by atoms with Crippen LogP contribution in [0.25, 0.3) is 0 Å². The van der Waals surface area contributed by atoms with E-state index in [2.05, 4.69) is 24.9 Å². The van der Waals surface area contributed by atoms with E-state index in [1.165, 1.54) is 5.56 Å². The van der Waals surface area contributed by atoms with Crippen LogP contribution in [0.5, 0.6) is 5.88 Å². The van der Waals surface area contributed by atoms with Crippen molar-refractivity contribution in [1.29, 1.82) is 0 Å². The molecule has 1 N–H and O–H groups in total. The van der Waals surface area contributed by atoms with E-state index in [0.29, 0.717) is 11.8 Å². The predicted molar refractivity (Wildman–Crippen MR) is 64.9 cm³/mol. The number of rotatable bonds is 4. The first-order chi connectivity index (χ1) is 7.29. The van der Waals surface area contributed by atoms with E-state index < -0.39 is 5.60 Å². The fourth-order valence-corrected chi connectivity index (χ4v) is 1.30. The van der Waals surface area contributed by atoms with Crippen LogP contribution in [0, 0.1) is 6.92 Å². The quantitative estimate of drug-likeness (QED) is 0.853. The Balaban J connectivity index is 2.76. The average Bonchev–Trinajstić information content (AvgIpc) is 2.14. The molecule has 0 radical (unpaired) electrons. The first kappa shape index (κ1) is 13.0.